The number of alkyl halides is 2. The summed E-state index contributed by atoms with van der Waals surface area (Å²) in [4.78, 5) is 23.5. The third kappa shape index (κ3) is 8.46. The van der Waals surface area contributed by atoms with Gasteiger partial charge in [0.2, 0.25) is 0 Å². The molecule has 1 N–H and O–H groups in total. The van der Waals surface area contributed by atoms with Crippen LogP contribution in [-0.4, -0.2) is 38.2 Å². The Morgan fingerprint density at radius 1 is 0.933 bits per heavy atom. The third-order valence-electron chi connectivity index (χ3n) is 4.15. The van der Waals surface area contributed by atoms with Gasteiger partial charge in [0, 0.05) is 6.54 Å². The fourth-order valence-corrected chi connectivity index (χ4v) is 2.51. The van der Waals surface area contributed by atoms with Gasteiger partial charge >= 0.3 is 12.6 Å². The summed E-state index contributed by atoms with van der Waals surface area (Å²) in [6.45, 7) is 0.912. The van der Waals surface area contributed by atoms with E-state index < -0.39 is 25.1 Å². The molecular weight excluding hydrogens is 396 g/mol. The van der Waals surface area contributed by atoms with Crippen LogP contribution in [0.4, 0.5) is 8.78 Å². The number of nitrogens with one attached hydrogen (secondary N) is 1. The Kier molecular flexibility index (Phi) is 9.05. The Morgan fingerprint density at radius 3 is 2.17 bits per heavy atom. The number of ether oxygens (including phenoxy) is 3. The van der Waals surface area contributed by atoms with Gasteiger partial charge in [0.05, 0.1) is 0 Å². The molecule has 0 saturated carbocycles. The third-order valence-corrected chi connectivity index (χ3v) is 4.15. The number of halogens is 2. The van der Waals surface area contributed by atoms with Crippen molar-refractivity contribution in [1.29, 1.82) is 0 Å². The van der Waals surface area contributed by atoms with Gasteiger partial charge < -0.3 is 19.5 Å². The van der Waals surface area contributed by atoms with Crippen molar-refractivity contribution in [2.24, 2.45) is 0 Å². The summed E-state index contributed by atoms with van der Waals surface area (Å²) in [5.41, 5.74) is 2.00. The van der Waals surface area contributed by atoms with Crippen molar-refractivity contribution in [3.63, 3.8) is 0 Å². The summed E-state index contributed by atoms with van der Waals surface area (Å²) >= 11 is 0. The van der Waals surface area contributed by atoms with E-state index in [0.29, 0.717) is 24.6 Å². The topological polar surface area (TPSA) is 73.9 Å². The van der Waals surface area contributed by atoms with Gasteiger partial charge in [-0.05, 0) is 47.7 Å². The first kappa shape index (κ1) is 23.1. The zero-order valence-electron chi connectivity index (χ0n) is 16.9. The molecule has 2 aromatic rings. The molecule has 0 fully saturated rings. The number of carbonyl (C=O) groups excluding carboxylic acids is 2. The molecule has 0 aliphatic heterocycles. The van der Waals surface area contributed by atoms with Gasteiger partial charge in [0.15, 0.2) is 13.2 Å². The lowest BCUT2D eigenvalue weighted by Crippen LogP contribution is -2.31. The molecule has 0 unspecified atom stereocenters. The number of hydrogen-bond acceptors (Lipinski definition) is 5. The SMILES string of the molecule is CC(C)c1ccc(OCC(=O)OCC(=O)NCCc2ccc(OC(F)F)cc2)cc1. The first-order valence-corrected chi connectivity index (χ1v) is 9.52. The maximum Gasteiger partial charge on any atom is 0.387 e. The Bertz CT molecular complexity index is 807. The average molecular weight is 421 g/mol. The molecule has 0 aromatic heterocycles. The minimum absolute atomic E-state index is 0.0720. The van der Waals surface area contributed by atoms with Crippen molar-refractivity contribution < 1.29 is 32.6 Å². The Morgan fingerprint density at radius 2 is 1.57 bits per heavy atom. The van der Waals surface area contributed by atoms with Gasteiger partial charge in [-0.15, -0.1) is 0 Å². The minimum atomic E-state index is -2.87. The van der Waals surface area contributed by atoms with Crippen LogP contribution in [0, 0.1) is 0 Å². The van der Waals surface area contributed by atoms with Crippen LogP contribution in [0.5, 0.6) is 11.5 Å². The molecule has 6 nitrogen and oxygen atoms in total. The van der Waals surface area contributed by atoms with Crippen molar-refractivity contribution in [1.82, 2.24) is 5.32 Å². The lowest BCUT2D eigenvalue weighted by molar-refractivity contribution is -0.150. The van der Waals surface area contributed by atoms with E-state index in [-0.39, 0.29) is 12.4 Å². The van der Waals surface area contributed by atoms with Gasteiger partial charge in [-0.1, -0.05) is 38.1 Å². The van der Waals surface area contributed by atoms with Crippen LogP contribution in [0.25, 0.3) is 0 Å². The lowest BCUT2D eigenvalue weighted by Gasteiger charge is -2.09. The second-order valence-corrected chi connectivity index (χ2v) is 6.80. The van der Waals surface area contributed by atoms with Crippen LogP contribution in [0.1, 0.15) is 30.9 Å². The predicted molar refractivity (Wildman–Crippen MR) is 107 cm³/mol. The Balaban J connectivity index is 1.61. The average Bonchev–Trinajstić information content (AvgIpc) is 2.72. The smallest absolute Gasteiger partial charge is 0.387 e. The minimum Gasteiger partial charge on any atom is -0.482 e. The molecule has 0 saturated heterocycles. The first-order valence-electron chi connectivity index (χ1n) is 9.52. The molecule has 0 radical (unpaired) electrons. The fourth-order valence-electron chi connectivity index (χ4n) is 2.51. The van der Waals surface area contributed by atoms with Crippen molar-refractivity contribution >= 4 is 11.9 Å². The number of hydrogen-bond donors (Lipinski definition) is 1. The summed E-state index contributed by atoms with van der Waals surface area (Å²) < 4.78 is 38.7. The second-order valence-electron chi connectivity index (χ2n) is 6.80. The van der Waals surface area contributed by atoms with Crippen molar-refractivity contribution in [3.8, 4) is 11.5 Å². The maximum atomic E-state index is 12.1. The monoisotopic (exact) mass is 421 g/mol. The molecule has 0 atom stereocenters. The van der Waals surface area contributed by atoms with E-state index in [0.717, 1.165) is 5.56 Å². The predicted octanol–water partition coefficient (Wildman–Crippen LogP) is 3.69. The molecule has 2 rings (SSSR count). The molecule has 0 aliphatic rings. The highest BCUT2D eigenvalue weighted by Crippen LogP contribution is 2.18. The van der Waals surface area contributed by atoms with Gasteiger partial charge in [-0.25, -0.2) is 4.79 Å². The second kappa shape index (κ2) is 11.7. The summed E-state index contributed by atoms with van der Waals surface area (Å²) in [7, 11) is 0. The molecule has 8 heteroatoms. The van der Waals surface area contributed by atoms with Crippen LogP contribution in [0.15, 0.2) is 48.5 Å². The number of carbonyl (C=O) groups is 2. The standard InChI is InChI=1S/C22H25F2NO5/c1-15(2)17-5-9-18(10-6-17)28-14-21(27)29-13-20(26)25-12-11-16-3-7-19(8-4-16)30-22(23)24/h3-10,15,22H,11-14H2,1-2H3,(H,25,26). The molecule has 1 amide bonds. The number of rotatable bonds is 11. The normalized spacial score (nSPS) is 10.7. The summed E-state index contributed by atoms with van der Waals surface area (Å²) in [6, 6.07) is 13.5. The molecule has 0 heterocycles. The van der Waals surface area contributed by atoms with E-state index >= 15 is 0 Å². The Hall–Kier alpha value is -3.16. The zero-order chi connectivity index (χ0) is 21.9. The maximum absolute atomic E-state index is 12.1. The van der Waals surface area contributed by atoms with Crippen LogP contribution in [0.2, 0.25) is 0 Å². The largest absolute Gasteiger partial charge is 0.482 e. The highest BCUT2D eigenvalue weighted by Gasteiger charge is 2.09. The quantitative estimate of drug-likeness (QED) is 0.560. The van der Waals surface area contributed by atoms with Gasteiger partial charge in [-0.3, -0.25) is 4.79 Å². The van der Waals surface area contributed by atoms with Crippen LogP contribution < -0.4 is 14.8 Å². The van der Waals surface area contributed by atoms with E-state index in [9.17, 15) is 18.4 Å². The summed E-state index contributed by atoms with van der Waals surface area (Å²) in [5.74, 6) is -0.0649. The molecular formula is C22H25F2NO5. The number of esters is 1. The highest BCUT2D eigenvalue weighted by molar-refractivity contribution is 5.80. The first-order chi connectivity index (χ1) is 14.3. The lowest BCUT2D eigenvalue weighted by atomic mass is 10.0. The fraction of sp³-hybridized carbons (Fsp3) is 0.364. The molecule has 0 aliphatic carbocycles. The van der Waals surface area contributed by atoms with Gasteiger partial charge in [0.1, 0.15) is 11.5 Å². The molecule has 162 valence electrons. The molecule has 0 spiro atoms. The highest BCUT2D eigenvalue weighted by atomic mass is 19.3. The van der Waals surface area contributed by atoms with Crippen molar-refractivity contribution in [2.75, 3.05) is 19.8 Å². The number of benzene rings is 2. The molecule has 0 bridgehead atoms. The van der Waals surface area contributed by atoms with Gasteiger partial charge in [-0.2, -0.15) is 8.78 Å². The van der Waals surface area contributed by atoms with E-state index in [4.69, 9.17) is 9.47 Å². The van der Waals surface area contributed by atoms with E-state index in [1.54, 1.807) is 24.3 Å². The van der Waals surface area contributed by atoms with Crippen molar-refractivity contribution in [2.45, 2.75) is 32.8 Å². The van der Waals surface area contributed by atoms with Gasteiger partial charge in [0.25, 0.3) is 5.91 Å². The summed E-state index contributed by atoms with van der Waals surface area (Å²) in [6.07, 6.45) is 0.490. The van der Waals surface area contributed by atoms with E-state index in [1.807, 2.05) is 12.1 Å². The number of amides is 1. The summed E-state index contributed by atoms with van der Waals surface area (Å²) in [5, 5.41) is 2.62. The zero-order valence-corrected chi connectivity index (χ0v) is 16.9. The van der Waals surface area contributed by atoms with Crippen LogP contribution in [0.3, 0.4) is 0 Å². The van der Waals surface area contributed by atoms with E-state index in [1.165, 1.54) is 17.7 Å². The van der Waals surface area contributed by atoms with Crippen LogP contribution >= 0.6 is 0 Å². The Labute approximate surface area is 174 Å². The molecule has 2 aromatic carbocycles. The van der Waals surface area contributed by atoms with Crippen molar-refractivity contribution in [3.05, 3.63) is 59.7 Å². The van der Waals surface area contributed by atoms with Crippen LogP contribution in [-0.2, 0) is 20.7 Å². The van der Waals surface area contributed by atoms with E-state index in [2.05, 4.69) is 23.9 Å². The molecule has 30 heavy (non-hydrogen) atoms.